The van der Waals surface area contributed by atoms with Crippen molar-refractivity contribution < 1.29 is 23.9 Å². The van der Waals surface area contributed by atoms with E-state index < -0.39 is 17.8 Å². The van der Waals surface area contributed by atoms with E-state index in [0.29, 0.717) is 24.5 Å². The van der Waals surface area contributed by atoms with Gasteiger partial charge in [0.2, 0.25) is 0 Å². The Morgan fingerprint density at radius 1 is 0.878 bits per heavy atom. The molecule has 3 aromatic carbocycles. The van der Waals surface area contributed by atoms with Gasteiger partial charge >= 0.3 is 17.8 Å². The monoisotopic (exact) mass is 666 g/mol. The van der Waals surface area contributed by atoms with Crippen molar-refractivity contribution in [2.75, 3.05) is 62.5 Å². The van der Waals surface area contributed by atoms with Crippen LogP contribution >= 0.6 is 0 Å². The number of hydrogen-bond donors (Lipinski definition) is 3. The lowest BCUT2D eigenvalue weighted by molar-refractivity contribution is -0.142. The lowest BCUT2D eigenvalue weighted by atomic mass is 9.86. The number of amides is 4. The van der Waals surface area contributed by atoms with Crippen molar-refractivity contribution in [1.82, 2.24) is 14.8 Å². The number of benzene rings is 3. The van der Waals surface area contributed by atoms with Crippen molar-refractivity contribution in [3.05, 3.63) is 78.1 Å². The summed E-state index contributed by atoms with van der Waals surface area (Å²) < 4.78 is 11.1. The molecule has 4 amide bonds. The summed E-state index contributed by atoms with van der Waals surface area (Å²) in [5.41, 5.74) is 4.74. The number of nitrogens with zero attached hydrogens (tertiary/aromatic N) is 3. The number of anilines is 3. The molecular formula is C38H46N6O5. The Labute approximate surface area is 288 Å². The number of carbonyl (C=O) groups is 3. The van der Waals surface area contributed by atoms with Crippen molar-refractivity contribution in [3.63, 3.8) is 0 Å². The highest BCUT2D eigenvalue weighted by Crippen LogP contribution is 2.39. The molecule has 1 saturated heterocycles. The van der Waals surface area contributed by atoms with E-state index in [-0.39, 0.29) is 16.9 Å². The first-order valence-corrected chi connectivity index (χ1v) is 16.7. The van der Waals surface area contributed by atoms with Crippen molar-refractivity contribution in [2.45, 2.75) is 46.6 Å². The first kappa shape index (κ1) is 35.3. The number of pyridine rings is 1. The Kier molecular flexibility index (Phi) is 11.2. The first-order chi connectivity index (χ1) is 23.5. The van der Waals surface area contributed by atoms with E-state index in [9.17, 15) is 14.4 Å². The minimum atomic E-state index is -0.781. The third-order valence-electron chi connectivity index (χ3n) is 8.70. The second-order valence-electron chi connectivity index (χ2n) is 13.0. The standard InChI is InChI=1S/C38H46N6O5/c1-7-44(8-2)36(46)35(45)40-32-21-26(38(3,4)5)22-33(34(32)48-6)42-37(47)41-31-16-15-28(29-11-9-10-12-30(29)31)25-13-14-27(39-23-25)24-43-17-19-49-20-18-43/h9-16,21-23H,7-8,17-20,24H2,1-6H3,(H,40,45)(H2,41,42,47). The van der Waals surface area contributed by atoms with E-state index in [1.54, 1.807) is 6.07 Å². The quantitative estimate of drug-likeness (QED) is 0.174. The molecule has 1 fully saturated rings. The van der Waals surface area contributed by atoms with Gasteiger partial charge in [-0.1, -0.05) is 57.2 Å². The van der Waals surface area contributed by atoms with Crippen molar-refractivity contribution >= 4 is 45.7 Å². The second-order valence-corrected chi connectivity index (χ2v) is 13.0. The fraction of sp³-hybridized carbons (Fsp3) is 0.368. The van der Waals surface area contributed by atoms with Gasteiger partial charge in [0.1, 0.15) is 0 Å². The fourth-order valence-corrected chi connectivity index (χ4v) is 5.90. The lowest BCUT2D eigenvalue weighted by Gasteiger charge is -2.26. The highest BCUT2D eigenvalue weighted by molar-refractivity contribution is 6.39. The van der Waals surface area contributed by atoms with Crippen LogP contribution in [0, 0.1) is 0 Å². The van der Waals surface area contributed by atoms with E-state index in [1.807, 2.05) is 83.3 Å². The summed E-state index contributed by atoms with van der Waals surface area (Å²) in [5.74, 6) is -1.19. The zero-order valence-electron chi connectivity index (χ0n) is 29.2. The summed E-state index contributed by atoms with van der Waals surface area (Å²) in [6.45, 7) is 14.6. The van der Waals surface area contributed by atoms with Crippen LogP contribution in [0.3, 0.4) is 0 Å². The maximum absolute atomic E-state index is 13.6. The molecule has 258 valence electrons. The molecule has 3 N–H and O–H groups in total. The number of rotatable bonds is 9. The Hall–Kier alpha value is -5.00. The number of morpholine rings is 1. The molecule has 11 heteroatoms. The molecule has 1 aliphatic heterocycles. The maximum atomic E-state index is 13.6. The number of ether oxygens (including phenoxy) is 2. The maximum Gasteiger partial charge on any atom is 0.323 e. The van der Waals surface area contributed by atoms with Crippen LogP contribution in [-0.4, -0.2) is 79.1 Å². The zero-order valence-corrected chi connectivity index (χ0v) is 29.2. The number of hydrogen-bond acceptors (Lipinski definition) is 7. The molecule has 0 radical (unpaired) electrons. The Balaban J connectivity index is 1.39. The third kappa shape index (κ3) is 8.36. The van der Waals surface area contributed by atoms with Gasteiger partial charge in [0, 0.05) is 49.9 Å². The molecule has 5 rings (SSSR count). The van der Waals surface area contributed by atoms with E-state index in [0.717, 1.165) is 66.0 Å². The molecule has 1 aliphatic rings. The van der Waals surface area contributed by atoms with Crippen LogP contribution in [0.15, 0.2) is 66.9 Å². The van der Waals surface area contributed by atoms with Gasteiger partial charge in [0.15, 0.2) is 5.75 Å². The summed E-state index contributed by atoms with van der Waals surface area (Å²) in [7, 11) is 1.45. The van der Waals surface area contributed by atoms with Gasteiger partial charge < -0.3 is 30.3 Å². The second kappa shape index (κ2) is 15.5. The van der Waals surface area contributed by atoms with Crippen molar-refractivity contribution in [3.8, 4) is 16.9 Å². The minimum absolute atomic E-state index is 0.230. The summed E-state index contributed by atoms with van der Waals surface area (Å²) in [4.78, 5) is 47.8. The molecule has 1 aromatic heterocycles. The first-order valence-electron chi connectivity index (χ1n) is 16.7. The molecule has 0 atom stereocenters. The molecule has 2 heterocycles. The molecule has 4 aromatic rings. The lowest BCUT2D eigenvalue weighted by Crippen LogP contribution is -2.39. The largest absolute Gasteiger partial charge is 0.492 e. The molecule has 0 spiro atoms. The highest BCUT2D eigenvalue weighted by atomic mass is 16.5. The van der Waals surface area contributed by atoms with Crippen molar-refractivity contribution in [2.24, 2.45) is 0 Å². The number of fused-ring (bicyclic) bond motifs is 1. The Bertz CT molecular complexity index is 1810. The topological polar surface area (TPSA) is 125 Å². The third-order valence-corrected chi connectivity index (χ3v) is 8.70. The van der Waals surface area contributed by atoms with E-state index in [4.69, 9.17) is 14.5 Å². The molecule has 49 heavy (non-hydrogen) atoms. The number of urea groups is 1. The van der Waals surface area contributed by atoms with Gasteiger partial charge in [-0.05, 0) is 60.0 Å². The normalized spacial score (nSPS) is 13.5. The summed E-state index contributed by atoms with van der Waals surface area (Å²) in [6.07, 6.45) is 1.90. The van der Waals surface area contributed by atoms with Crippen LogP contribution in [0.2, 0.25) is 0 Å². The Morgan fingerprint density at radius 3 is 2.14 bits per heavy atom. The Morgan fingerprint density at radius 2 is 1.53 bits per heavy atom. The average molecular weight is 667 g/mol. The van der Waals surface area contributed by atoms with Crippen LogP contribution in [-0.2, 0) is 26.3 Å². The molecule has 11 nitrogen and oxygen atoms in total. The summed E-state index contributed by atoms with van der Waals surface area (Å²) in [6, 6.07) is 19.0. The van der Waals surface area contributed by atoms with Gasteiger partial charge in [-0.25, -0.2) is 4.79 Å². The van der Waals surface area contributed by atoms with Crippen LogP contribution in [0.25, 0.3) is 21.9 Å². The highest BCUT2D eigenvalue weighted by Gasteiger charge is 2.25. The molecule has 0 aliphatic carbocycles. The number of carbonyl (C=O) groups excluding carboxylic acids is 3. The molecule has 0 saturated carbocycles. The summed E-state index contributed by atoms with van der Waals surface area (Å²) >= 11 is 0. The smallest absolute Gasteiger partial charge is 0.323 e. The number of aromatic nitrogens is 1. The molecular weight excluding hydrogens is 620 g/mol. The average Bonchev–Trinajstić information content (AvgIpc) is 3.09. The van der Waals surface area contributed by atoms with Gasteiger partial charge in [-0.3, -0.25) is 19.5 Å². The zero-order chi connectivity index (χ0) is 35.1. The summed E-state index contributed by atoms with van der Waals surface area (Å²) in [5, 5.41) is 10.5. The predicted molar refractivity (Wildman–Crippen MR) is 194 cm³/mol. The van der Waals surface area contributed by atoms with E-state index in [1.165, 1.54) is 12.0 Å². The predicted octanol–water partition coefficient (Wildman–Crippen LogP) is 6.49. The van der Waals surface area contributed by atoms with Gasteiger partial charge in [0.05, 0.1) is 43.1 Å². The van der Waals surface area contributed by atoms with Crippen LogP contribution in [0.1, 0.15) is 45.9 Å². The minimum Gasteiger partial charge on any atom is -0.492 e. The van der Waals surface area contributed by atoms with Gasteiger partial charge in [-0.15, -0.1) is 0 Å². The van der Waals surface area contributed by atoms with Gasteiger partial charge in [-0.2, -0.15) is 0 Å². The molecule has 0 bridgehead atoms. The number of likely N-dealkylation sites (N-methyl/N-ethyl adjacent to an activating group) is 1. The molecule has 0 unspecified atom stereocenters. The van der Waals surface area contributed by atoms with Crippen molar-refractivity contribution in [1.29, 1.82) is 0 Å². The van der Waals surface area contributed by atoms with E-state index >= 15 is 0 Å². The SMILES string of the molecule is CCN(CC)C(=O)C(=O)Nc1cc(C(C)(C)C)cc(NC(=O)Nc2ccc(-c3ccc(CN4CCOCC4)nc3)c3ccccc23)c1OC. The van der Waals surface area contributed by atoms with Crippen LogP contribution in [0.5, 0.6) is 5.75 Å². The van der Waals surface area contributed by atoms with Crippen LogP contribution < -0.4 is 20.7 Å². The number of nitrogens with one attached hydrogen (secondary N) is 3. The fourth-order valence-electron chi connectivity index (χ4n) is 5.90. The number of methoxy groups -OCH3 is 1. The van der Waals surface area contributed by atoms with Gasteiger partial charge in [0.25, 0.3) is 0 Å². The van der Waals surface area contributed by atoms with E-state index in [2.05, 4.69) is 33.0 Å². The van der Waals surface area contributed by atoms with Crippen LogP contribution in [0.4, 0.5) is 21.9 Å².